The molecule has 3 aromatic heterocycles. The number of hydrogen-bond acceptors (Lipinski definition) is 4. The summed E-state index contributed by atoms with van der Waals surface area (Å²) in [7, 11) is 0. The van der Waals surface area contributed by atoms with Gasteiger partial charge in [0.25, 0.3) is 5.91 Å². The third-order valence-corrected chi connectivity index (χ3v) is 5.07. The number of carbonyl (C=O) groups excluding carboxylic acids is 1. The van der Waals surface area contributed by atoms with Crippen LogP contribution in [-0.4, -0.2) is 25.7 Å². The van der Waals surface area contributed by atoms with Gasteiger partial charge in [-0.05, 0) is 72.1 Å². The number of nitrogens with one attached hydrogen (secondary N) is 1. The van der Waals surface area contributed by atoms with Gasteiger partial charge in [0.15, 0.2) is 5.65 Å². The average molecular weight is 394 g/mol. The molecule has 0 fully saturated rings. The van der Waals surface area contributed by atoms with Crippen LogP contribution in [-0.2, 0) is 5.54 Å². The van der Waals surface area contributed by atoms with E-state index in [9.17, 15) is 4.79 Å². The summed E-state index contributed by atoms with van der Waals surface area (Å²) in [4.78, 5) is 22.8. The molecule has 29 heavy (non-hydrogen) atoms. The second-order valence-electron chi connectivity index (χ2n) is 9.11. The van der Waals surface area contributed by atoms with Crippen molar-refractivity contribution in [3.63, 3.8) is 0 Å². The van der Waals surface area contributed by atoms with Crippen molar-refractivity contribution in [2.45, 2.75) is 73.8 Å². The highest BCUT2D eigenvalue weighted by Gasteiger charge is 2.25. The van der Waals surface area contributed by atoms with E-state index in [0.29, 0.717) is 5.56 Å². The predicted octanol–water partition coefficient (Wildman–Crippen LogP) is 5.19. The van der Waals surface area contributed by atoms with Crippen LogP contribution in [0.4, 0.5) is 5.69 Å². The van der Waals surface area contributed by atoms with E-state index in [2.05, 4.69) is 44.9 Å². The van der Waals surface area contributed by atoms with Gasteiger partial charge in [-0.2, -0.15) is 5.10 Å². The van der Waals surface area contributed by atoms with Crippen molar-refractivity contribution in [1.29, 1.82) is 0 Å². The van der Waals surface area contributed by atoms with Gasteiger partial charge in [-0.3, -0.25) is 9.78 Å². The molecule has 0 aromatic carbocycles. The number of nitrogens with zero attached hydrogens (tertiary/aromatic N) is 4. The molecule has 1 amide bonds. The lowest BCUT2D eigenvalue weighted by Gasteiger charge is -2.20. The Morgan fingerprint density at radius 3 is 2.24 bits per heavy atom. The number of aromatic nitrogens is 4. The summed E-state index contributed by atoms with van der Waals surface area (Å²) < 4.78 is 1.92. The minimum atomic E-state index is -0.239. The second-order valence-corrected chi connectivity index (χ2v) is 9.11. The fraction of sp³-hybridized carbons (Fsp3) is 0.478. The van der Waals surface area contributed by atoms with E-state index in [1.807, 2.05) is 44.5 Å². The first-order valence-corrected chi connectivity index (χ1v) is 10.1. The lowest BCUT2D eigenvalue weighted by molar-refractivity contribution is 0.102. The number of rotatable bonds is 3. The van der Waals surface area contributed by atoms with Crippen molar-refractivity contribution in [2.24, 2.45) is 0 Å². The molecule has 0 aliphatic rings. The molecular formula is C23H31N5O. The predicted molar refractivity (Wildman–Crippen MR) is 118 cm³/mol. The maximum Gasteiger partial charge on any atom is 0.256 e. The van der Waals surface area contributed by atoms with E-state index in [0.717, 1.165) is 45.1 Å². The molecule has 1 N–H and O–H groups in total. The number of fused-ring (bicyclic) bond motifs is 1. The van der Waals surface area contributed by atoms with E-state index in [4.69, 9.17) is 10.1 Å². The lowest BCUT2D eigenvalue weighted by atomic mass is 10.0. The maximum absolute atomic E-state index is 13.4. The van der Waals surface area contributed by atoms with Crippen molar-refractivity contribution in [3.8, 4) is 0 Å². The van der Waals surface area contributed by atoms with Crippen molar-refractivity contribution in [3.05, 3.63) is 46.0 Å². The Balaban J connectivity index is 2.21. The Morgan fingerprint density at radius 2 is 1.69 bits per heavy atom. The minimum Gasteiger partial charge on any atom is -0.320 e. The van der Waals surface area contributed by atoms with E-state index in [1.54, 1.807) is 0 Å². The lowest BCUT2D eigenvalue weighted by Crippen LogP contribution is -2.24. The molecule has 6 heteroatoms. The first kappa shape index (κ1) is 21.0. The van der Waals surface area contributed by atoms with Gasteiger partial charge in [0.1, 0.15) is 0 Å². The second kappa shape index (κ2) is 7.25. The van der Waals surface area contributed by atoms with Gasteiger partial charge in [-0.25, -0.2) is 9.67 Å². The monoisotopic (exact) mass is 393 g/mol. The van der Waals surface area contributed by atoms with Crippen LogP contribution in [0.1, 0.15) is 79.2 Å². The number of pyridine rings is 2. The highest BCUT2D eigenvalue weighted by Crippen LogP contribution is 2.30. The number of amides is 1. The summed E-state index contributed by atoms with van der Waals surface area (Å²) >= 11 is 0. The van der Waals surface area contributed by atoms with Crippen LogP contribution in [0.15, 0.2) is 12.1 Å². The standard InChI is InChI=1S/C23H31N5O/c1-12(2)18-11-17(19-15(5)27-28(21(19)25-18)23(7,8)9)22(29)26-20-13(3)10-14(4)24-16(20)6/h10-12H,1-9H3,(H,26,29). The molecule has 154 valence electrons. The molecule has 0 aliphatic heterocycles. The molecule has 0 saturated heterocycles. The van der Waals surface area contributed by atoms with Crippen LogP contribution < -0.4 is 5.32 Å². The SMILES string of the molecule is Cc1cc(C)c(NC(=O)c2cc(C(C)C)nc3c2c(C)nn3C(C)(C)C)c(C)n1. The third kappa shape index (κ3) is 3.88. The largest absolute Gasteiger partial charge is 0.320 e. The smallest absolute Gasteiger partial charge is 0.256 e. The minimum absolute atomic E-state index is 0.160. The molecule has 0 bridgehead atoms. The van der Waals surface area contributed by atoms with E-state index in [1.165, 1.54) is 0 Å². The van der Waals surface area contributed by atoms with Crippen LogP contribution >= 0.6 is 0 Å². The van der Waals surface area contributed by atoms with Crippen molar-refractivity contribution < 1.29 is 4.79 Å². The summed E-state index contributed by atoms with van der Waals surface area (Å²) in [6, 6.07) is 3.88. The number of carbonyl (C=O) groups is 1. The van der Waals surface area contributed by atoms with Gasteiger partial charge in [0.2, 0.25) is 0 Å². The molecule has 0 unspecified atom stereocenters. The molecule has 0 spiro atoms. The first-order valence-electron chi connectivity index (χ1n) is 10.1. The Labute approximate surface area is 172 Å². The molecule has 0 aliphatic carbocycles. The molecule has 6 nitrogen and oxygen atoms in total. The van der Waals surface area contributed by atoms with Gasteiger partial charge < -0.3 is 5.32 Å². The quantitative estimate of drug-likeness (QED) is 0.664. The highest BCUT2D eigenvalue weighted by atomic mass is 16.1. The van der Waals surface area contributed by atoms with Crippen molar-refractivity contribution >= 4 is 22.6 Å². The van der Waals surface area contributed by atoms with Gasteiger partial charge >= 0.3 is 0 Å². The number of hydrogen-bond donors (Lipinski definition) is 1. The Hall–Kier alpha value is -2.76. The zero-order valence-corrected chi connectivity index (χ0v) is 18.9. The van der Waals surface area contributed by atoms with Gasteiger partial charge in [0, 0.05) is 11.4 Å². The molecule has 0 radical (unpaired) electrons. The normalized spacial score (nSPS) is 12.1. The first-order chi connectivity index (χ1) is 13.4. The zero-order chi connectivity index (χ0) is 21.7. The van der Waals surface area contributed by atoms with Crippen LogP contribution in [0.2, 0.25) is 0 Å². The summed E-state index contributed by atoms with van der Waals surface area (Å²) in [5, 5.41) is 8.61. The van der Waals surface area contributed by atoms with Crippen LogP contribution in [0.25, 0.3) is 11.0 Å². The highest BCUT2D eigenvalue weighted by molar-refractivity contribution is 6.13. The molecule has 3 aromatic rings. The Morgan fingerprint density at radius 1 is 1.03 bits per heavy atom. The molecule has 3 heterocycles. The van der Waals surface area contributed by atoms with Crippen LogP contribution in [0.3, 0.4) is 0 Å². The Kier molecular flexibility index (Phi) is 5.24. The summed E-state index contributed by atoms with van der Waals surface area (Å²) in [6.07, 6.45) is 0. The van der Waals surface area contributed by atoms with E-state index in [-0.39, 0.29) is 17.4 Å². The fourth-order valence-corrected chi connectivity index (χ4v) is 3.64. The van der Waals surface area contributed by atoms with Gasteiger partial charge in [0.05, 0.1) is 33.6 Å². The third-order valence-electron chi connectivity index (χ3n) is 5.07. The van der Waals surface area contributed by atoms with E-state index < -0.39 is 0 Å². The van der Waals surface area contributed by atoms with Crippen LogP contribution in [0, 0.1) is 27.7 Å². The van der Waals surface area contributed by atoms with Gasteiger partial charge in [-0.1, -0.05) is 13.8 Å². The van der Waals surface area contributed by atoms with Crippen molar-refractivity contribution in [2.75, 3.05) is 5.32 Å². The molecule has 0 saturated carbocycles. The Bertz CT molecular complexity index is 1080. The van der Waals surface area contributed by atoms with Gasteiger partial charge in [-0.15, -0.1) is 0 Å². The maximum atomic E-state index is 13.4. The fourth-order valence-electron chi connectivity index (χ4n) is 3.64. The topological polar surface area (TPSA) is 72.7 Å². The average Bonchev–Trinajstić information content (AvgIpc) is 2.94. The summed E-state index contributed by atoms with van der Waals surface area (Å²) in [5.41, 5.74) is 6.31. The molecule has 3 rings (SSSR count). The number of anilines is 1. The molecule has 0 atom stereocenters. The van der Waals surface area contributed by atoms with Crippen molar-refractivity contribution in [1.82, 2.24) is 19.7 Å². The summed E-state index contributed by atoms with van der Waals surface area (Å²) in [6.45, 7) is 18.2. The molecular weight excluding hydrogens is 362 g/mol. The van der Waals surface area contributed by atoms with E-state index >= 15 is 0 Å². The number of aryl methyl sites for hydroxylation is 4. The zero-order valence-electron chi connectivity index (χ0n) is 18.9. The van der Waals surface area contributed by atoms with Crippen LogP contribution in [0.5, 0.6) is 0 Å². The summed E-state index contributed by atoms with van der Waals surface area (Å²) in [5.74, 6) is 0.0341.